The largest absolute Gasteiger partial charge is 0.477 e. The van der Waals surface area contributed by atoms with E-state index in [-0.39, 0.29) is 23.9 Å². The first kappa shape index (κ1) is 14.9. The third kappa shape index (κ3) is 3.34. The topological polar surface area (TPSA) is 117 Å². The van der Waals surface area contributed by atoms with Gasteiger partial charge >= 0.3 is 5.69 Å². The number of nitro benzene ring substituents is 1. The molecular weight excluding hydrogens is 276 g/mol. The number of benzene rings is 1. The van der Waals surface area contributed by atoms with E-state index < -0.39 is 10.5 Å². The SMILES string of the molecule is Cc1cccc([N+](=O)[O-])c1OCc1nc(C(C)(C)N)no1. The Balaban J connectivity index is 2.17. The van der Waals surface area contributed by atoms with Crippen LogP contribution in [0, 0.1) is 17.0 Å². The van der Waals surface area contributed by atoms with Crippen LogP contribution in [0.15, 0.2) is 22.7 Å². The van der Waals surface area contributed by atoms with Crippen molar-refractivity contribution >= 4 is 5.69 Å². The number of rotatable bonds is 5. The van der Waals surface area contributed by atoms with E-state index in [1.165, 1.54) is 6.07 Å². The number of nitrogens with two attached hydrogens (primary N) is 1. The molecular formula is C13H16N4O4. The fraction of sp³-hybridized carbons (Fsp3) is 0.385. The Hall–Kier alpha value is -2.48. The highest BCUT2D eigenvalue weighted by molar-refractivity contribution is 5.51. The van der Waals surface area contributed by atoms with Gasteiger partial charge in [-0.1, -0.05) is 17.3 Å². The van der Waals surface area contributed by atoms with Crippen molar-refractivity contribution in [2.24, 2.45) is 5.73 Å². The number of hydrogen-bond acceptors (Lipinski definition) is 7. The number of nitro groups is 1. The average molecular weight is 292 g/mol. The number of aryl methyl sites for hydroxylation is 1. The van der Waals surface area contributed by atoms with E-state index in [1.54, 1.807) is 32.9 Å². The van der Waals surface area contributed by atoms with Gasteiger partial charge in [0, 0.05) is 6.07 Å². The van der Waals surface area contributed by atoms with Crippen molar-refractivity contribution in [3.05, 3.63) is 45.6 Å². The van der Waals surface area contributed by atoms with Crippen LogP contribution in [0.4, 0.5) is 5.69 Å². The number of aromatic nitrogens is 2. The molecule has 0 aliphatic carbocycles. The van der Waals surface area contributed by atoms with E-state index in [0.717, 1.165) is 0 Å². The number of para-hydroxylation sites is 1. The lowest BCUT2D eigenvalue weighted by molar-refractivity contribution is -0.386. The molecule has 8 heteroatoms. The predicted octanol–water partition coefficient (Wildman–Crippen LogP) is 2.06. The van der Waals surface area contributed by atoms with Crippen molar-refractivity contribution in [2.75, 3.05) is 0 Å². The maximum atomic E-state index is 11.0. The molecule has 0 radical (unpaired) electrons. The third-order valence-electron chi connectivity index (χ3n) is 2.77. The minimum Gasteiger partial charge on any atom is -0.477 e. The summed E-state index contributed by atoms with van der Waals surface area (Å²) in [5.74, 6) is 0.746. The molecule has 0 saturated carbocycles. The Morgan fingerprint density at radius 1 is 1.48 bits per heavy atom. The lowest BCUT2D eigenvalue weighted by Crippen LogP contribution is -2.30. The van der Waals surface area contributed by atoms with Crippen molar-refractivity contribution in [1.29, 1.82) is 0 Å². The maximum Gasteiger partial charge on any atom is 0.311 e. The molecule has 1 heterocycles. The Morgan fingerprint density at radius 3 is 2.76 bits per heavy atom. The van der Waals surface area contributed by atoms with Crippen LogP contribution in [0.1, 0.15) is 31.1 Å². The normalized spacial score (nSPS) is 11.4. The van der Waals surface area contributed by atoms with E-state index >= 15 is 0 Å². The summed E-state index contributed by atoms with van der Waals surface area (Å²) < 4.78 is 10.5. The van der Waals surface area contributed by atoms with Gasteiger partial charge in [0.1, 0.15) is 0 Å². The molecule has 2 aromatic rings. The van der Waals surface area contributed by atoms with Crippen molar-refractivity contribution in [3.8, 4) is 5.75 Å². The summed E-state index contributed by atoms with van der Waals surface area (Å²) in [5.41, 5.74) is 5.68. The van der Waals surface area contributed by atoms with Gasteiger partial charge in [0.2, 0.25) is 5.75 Å². The van der Waals surface area contributed by atoms with Crippen LogP contribution in [-0.2, 0) is 12.1 Å². The lowest BCUT2D eigenvalue weighted by Gasteiger charge is -2.11. The lowest BCUT2D eigenvalue weighted by atomic mass is 10.1. The molecule has 2 N–H and O–H groups in total. The standard InChI is InChI=1S/C13H16N4O4/c1-8-5-4-6-9(17(18)19)11(8)20-7-10-15-12(16-21-10)13(2,3)14/h4-6H,7,14H2,1-3H3. The zero-order chi connectivity index (χ0) is 15.6. The van der Waals surface area contributed by atoms with Crippen molar-refractivity contribution in [1.82, 2.24) is 10.1 Å². The van der Waals surface area contributed by atoms with Crippen LogP contribution in [0.3, 0.4) is 0 Å². The molecule has 8 nitrogen and oxygen atoms in total. The summed E-state index contributed by atoms with van der Waals surface area (Å²) in [6, 6.07) is 4.71. The summed E-state index contributed by atoms with van der Waals surface area (Å²) in [5, 5.41) is 14.7. The van der Waals surface area contributed by atoms with Gasteiger partial charge in [-0.05, 0) is 26.3 Å². The van der Waals surface area contributed by atoms with E-state index in [2.05, 4.69) is 10.1 Å². The van der Waals surface area contributed by atoms with Crippen molar-refractivity contribution in [2.45, 2.75) is 32.9 Å². The van der Waals surface area contributed by atoms with E-state index in [1.807, 2.05) is 0 Å². The highest BCUT2D eigenvalue weighted by atomic mass is 16.6. The highest BCUT2D eigenvalue weighted by Gasteiger charge is 2.22. The van der Waals surface area contributed by atoms with Gasteiger partial charge in [0.05, 0.1) is 10.5 Å². The van der Waals surface area contributed by atoms with Crippen molar-refractivity contribution in [3.63, 3.8) is 0 Å². The summed E-state index contributed by atoms with van der Waals surface area (Å²) in [6.07, 6.45) is 0. The van der Waals surface area contributed by atoms with Crippen LogP contribution < -0.4 is 10.5 Å². The molecule has 0 amide bonds. The highest BCUT2D eigenvalue weighted by Crippen LogP contribution is 2.30. The third-order valence-corrected chi connectivity index (χ3v) is 2.77. The first-order valence-electron chi connectivity index (χ1n) is 6.28. The minimum atomic E-state index is -0.726. The molecule has 0 aliphatic heterocycles. The first-order chi connectivity index (χ1) is 9.79. The Bertz CT molecular complexity index is 660. The molecule has 0 aliphatic rings. The fourth-order valence-electron chi connectivity index (χ4n) is 1.68. The molecule has 0 atom stereocenters. The zero-order valence-electron chi connectivity index (χ0n) is 12.0. The molecule has 0 unspecified atom stereocenters. The maximum absolute atomic E-state index is 11.0. The van der Waals surface area contributed by atoms with Gasteiger partial charge in [-0.25, -0.2) is 0 Å². The molecule has 2 rings (SSSR count). The van der Waals surface area contributed by atoms with Gasteiger partial charge in [-0.15, -0.1) is 0 Å². The quantitative estimate of drug-likeness (QED) is 0.661. The van der Waals surface area contributed by atoms with Gasteiger partial charge in [0.25, 0.3) is 5.89 Å². The summed E-state index contributed by atoms with van der Waals surface area (Å²) >= 11 is 0. The number of ether oxygens (including phenoxy) is 1. The predicted molar refractivity (Wildman–Crippen MR) is 73.7 cm³/mol. The van der Waals surface area contributed by atoms with E-state index in [0.29, 0.717) is 11.4 Å². The molecule has 21 heavy (non-hydrogen) atoms. The smallest absolute Gasteiger partial charge is 0.311 e. The average Bonchev–Trinajstić information content (AvgIpc) is 2.85. The van der Waals surface area contributed by atoms with Gasteiger partial charge < -0.3 is 15.0 Å². The molecule has 0 saturated heterocycles. The monoisotopic (exact) mass is 292 g/mol. The van der Waals surface area contributed by atoms with Crippen LogP contribution >= 0.6 is 0 Å². The number of nitrogens with zero attached hydrogens (tertiary/aromatic N) is 3. The first-order valence-corrected chi connectivity index (χ1v) is 6.28. The summed E-state index contributed by atoms with van der Waals surface area (Å²) in [4.78, 5) is 14.6. The molecule has 0 fully saturated rings. The van der Waals surface area contributed by atoms with Crippen molar-refractivity contribution < 1.29 is 14.2 Å². The molecule has 1 aromatic carbocycles. The van der Waals surface area contributed by atoms with E-state index in [9.17, 15) is 10.1 Å². The second-order valence-corrected chi connectivity index (χ2v) is 5.20. The fourth-order valence-corrected chi connectivity index (χ4v) is 1.68. The molecule has 0 bridgehead atoms. The van der Waals surface area contributed by atoms with E-state index in [4.69, 9.17) is 15.0 Å². The Kier molecular flexibility index (Phi) is 3.90. The van der Waals surface area contributed by atoms with Gasteiger partial charge in [-0.2, -0.15) is 4.98 Å². The van der Waals surface area contributed by atoms with Crippen LogP contribution in [0.5, 0.6) is 5.75 Å². The van der Waals surface area contributed by atoms with Crippen LogP contribution in [-0.4, -0.2) is 15.1 Å². The second kappa shape index (κ2) is 5.49. The second-order valence-electron chi connectivity index (χ2n) is 5.20. The van der Waals surface area contributed by atoms with Crippen LogP contribution in [0.25, 0.3) is 0 Å². The Labute approximate surface area is 121 Å². The molecule has 1 aromatic heterocycles. The van der Waals surface area contributed by atoms with Crippen LogP contribution in [0.2, 0.25) is 0 Å². The van der Waals surface area contributed by atoms with Gasteiger partial charge in [0.15, 0.2) is 12.4 Å². The zero-order valence-corrected chi connectivity index (χ0v) is 12.0. The number of hydrogen-bond donors (Lipinski definition) is 1. The Morgan fingerprint density at radius 2 is 2.19 bits per heavy atom. The minimum absolute atomic E-state index is 0.0607. The summed E-state index contributed by atoms with van der Waals surface area (Å²) in [6.45, 7) is 5.16. The molecule has 0 spiro atoms. The van der Waals surface area contributed by atoms with Gasteiger partial charge in [-0.3, -0.25) is 10.1 Å². The molecule has 112 valence electrons. The summed E-state index contributed by atoms with van der Waals surface area (Å²) in [7, 11) is 0.